The summed E-state index contributed by atoms with van der Waals surface area (Å²) in [6.45, 7) is 5.87. The van der Waals surface area contributed by atoms with Crippen LogP contribution in [-0.4, -0.2) is 24.4 Å². The van der Waals surface area contributed by atoms with Crippen LogP contribution in [0.3, 0.4) is 0 Å². The van der Waals surface area contributed by atoms with Crippen LogP contribution >= 0.6 is 0 Å². The molecule has 1 aliphatic heterocycles. The van der Waals surface area contributed by atoms with E-state index >= 15 is 0 Å². The molecule has 4 nitrogen and oxygen atoms in total. The molecule has 1 aliphatic rings. The van der Waals surface area contributed by atoms with E-state index in [1.807, 2.05) is 62.4 Å². The number of benzene rings is 3. The lowest BCUT2D eigenvalue weighted by Crippen LogP contribution is -2.04. The van der Waals surface area contributed by atoms with E-state index in [9.17, 15) is 5.11 Å². The summed E-state index contributed by atoms with van der Waals surface area (Å²) in [7, 11) is 0. The first-order valence-electron chi connectivity index (χ1n) is 9.45. The summed E-state index contributed by atoms with van der Waals surface area (Å²) in [5.74, 6) is 2.03. The highest BCUT2D eigenvalue weighted by atomic mass is 16.6. The molecule has 1 atom stereocenters. The second-order valence-electron chi connectivity index (χ2n) is 7.18. The molecule has 0 aromatic heterocycles. The van der Waals surface area contributed by atoms with Gasteiger partial charge in [0.2, 0.25) is 0 Å². The summed E-state index contributed by atoms with van der Waals surface area (Å²) < 4.78 is 16.8. The minimum atomic E-state index is 0.263. The van der Waals surface area contributed by atoms with Crippen molar-refractivity contribution < 1.29 is 19.3 Å². The molecule has 3 aromatic carbocycles. The number of phenols is 1. The molecule has 1 heterocycles. The smallest absolute Gasteiger partial charge is 0.122 e. The number of phenolic OH excluding ortho intramolecular Hbond substituents is 1. The van der Waals surface area contributed by atoms with Gasteiger partial charge in [0.1, 0.15) is 36.6 Å². The third kappa shape index (κ3) is 4.46. The van der Waals surface area contributed by atoms with Crippen molar-refractivity contribution in [1.29, 1.82) is 0 Å². The molecule has 144 valence electrons. The first-order chi connectivity index (χ1) is 13.6. The van der Waals surface area contributed by atoms with Gasteiger partial charge in [-0.1, -0.05) is 24.3 Å². The molecular weight excluding hydrogens is 352 g/mol. The lowest BCUT2D eigenvalue weighted by molar-refractivity contribution is 0.262. The quantitative estimate of drug-likeness (QED) is 0.588. The van der Waals surface area contributed by atoms with Crippen molar-refractivity contribution in [3.8, 4) is 28.4 Å². The Labute approximate surface area is 165 Å². The minimum Gasteiger partial charge on any atom is -0.508 e. The fraction of sp³-hybridized carbons (Fsp3) is 0.250. The Hall–Kier alpha value is -2.98. The predicted octanol–water partition coefficient (Wildman–Crippen LogP) is 5.03. The number of aryl methyl sites for hydroxylation is 2. The Morgan fingerprint density at radius 1 is 0.893 bits per heavy atom. The Kier molecular flexibility index (Phi) is 5.22. The molecule has 0 amide bonds. The van der Waals surface area contributed by atoms with Crippen LogP contribution in [0.1, 0.15) is 16.7 Å². The number of ether oxygens (including phenoxy) is 3. The van der Waals surface area contributed by atoms with E-state index < -0.39 is 0 Å². The van der Waals surface area contributed by atoms with Gasteiger partial charge in [0.25, 0.3) is 0 Å². The third-order valence-electron chi connectivity index (χ3n) is 4.86. The van der Waals surface area contributed by atoms with Crippen molar-refractivity contribution in [2.24, 2.45) is 0 Å². The molecule has 1 N–H and O–H groups in total. The van der Waals surface area contributed by atoms with Gasteiger partial charge in [-0.2, -0.15) is 0 Å². The molecule has 0 saturated carbocycles. The van der Waals surface area contributed by atoms with Crippen LogP contribution in [0.15, 0.2) is 60.7 Å². The largest absolute Gasteiger partial charge is 0.508 e. The SMILES string of the molecule is Cc1cc(-c2ccc(OCc3ccc(OCC4CO4)cc3)c(C)c2)ccc1O. The number of hydrogen-bond acceptors (Lipinski definition) is 4. The van der Waals surface area contributed by atoms with Crippen molar-refractivity contribution in [1.82, 2.24) is 0 Å². The first-order valence-corrected chi connectivity index (χ1v) is 9.45. The fourth-order valence-electron chi connectivity index (χ4n) is 3.02. The summed E-state index contributed by atoms with van der Waals surface area (Å²) in [5, 5.41) is 9.71. The van der Waals surface area contributed by atoms with Gasteiger partial charge in [-0.15, -0.1) is 0 Å². The average molecular weight is 376 g/mol. The van der Waals surface area contributed by atoms with Crippen LogP contribution < -0.4 is 9.47 Å². The predicted molar refractivity (Wildman–Crippen MR) is 109 cm³/mol. The number of rotatable bonds is 7. The van der Waals surface area contributed by atoms with Crippen molar-refractivity contribution in [3.63, 3.8) is 0 Å². The molecule has 0 spiro atoms. The van der Waals surface area contributed by atoms with Crippen molar-refractivity contribution in [3.05, 3.63) is 77.4 Å². The zero-order chi connectivity index (χ0) is 19.5. The number of epoxide rings is 1. The molecule has 4 heteroatoms. The summed E-state index contributed by atoms with van der Waals surface area (Å²) >= 11 is 0. The lowest BCUT2D eigenvalue weighted by atomic mass is 10.0. The van der Waals surface area contributed by atoms with Gasteiger partial charge in [-0.3, -0.25) is 0 Å². The Bertz CT molecular complexity index is 959. The van der Waals surface area contributed by atoms with Crippen LogP contribution in [0, 0.1) is 13.8 Å². The van der Waals surface area contributed by atoms with Gasteiger partial charge in [-0.25, -0.2) is 0 Å². The molecule has 1 unspecified atom stereocenters. The molecular formula is C24H24O4. The van der Waals surface area contributed by atoms with Crippen LogP contribution in [0.2, 0.25) is 0 Å². The van der Waals surface area contributed by atoms with E-state index in [2.05, 4.69) is 6.07 Å². The highest BCUT2D eigenvalue weighted by Crippen LogP contribution is 2.29. The zero-order valence-electron chi connectivity index (χ0n) is 16.1. The lowest BCUT2D eigenvalue weighted by Gasteiger charge is -2.12. The van der Waals surface area contributed by atoms with E-state index in [4.69, 9.17) is 14.2 Å². The maximum atomic E-state index is 9.71. The molecule has 3 aromatic rings. The molecule has 0 aliphatic carbocycles. The summed E-state index contributed by atoms with van der Waals surface area (Å²) in [6.07, 6.45) is 0.263. The second-order valence-corrected chi connectivity index (χ2v) is 7.18. The second kappa shape index (κ2) is 7.95. The Morgan fingerprint density at radius 3 is 2.21 bits per heavy atom. The number of hydrogen-bond donors (Lipinski definition) is 1. The highest BCUT2D eigenvalue weighted by molar-refractivity contribution is 5.67. The van der Waals surface area contributed by atoms with Crippen molar-refractivity contribution in [2.75, 3.05) is 13.2 Å². The molecule has 1 saturated heterocycles. The fourth-order valence-corrected chi connectivity index (χ4v) is 3.02. The molecule has 1 fully saturated rings. The van der Waals surface area contributed by atoms with Crippen LogP contribution in [0.25, 0.3) is 11.1 Å². The van der Waals surface area contributed by atoms with E-state index in [1.165, 1.54) is 0 Å². The molecule has 0 bridgehead atoms. The van der Waals surface area contributed by atoms with Gasteiger partial charge in [-0.05, 0) is 78.1 Å². The van der Waals surface area contributed by atoms with Gasteiger partial charge >= 0.3 is 0 Å². The molecule has 28 heavy (non-hydrogen) atoms. The Morgan fingerprint density at radius 2 is 1.57 bits per heavy atom. The Balaban J connectivity index is 1.38. The van der Waals surface area contributed by atoms with Crippen molar-refractivity contribution in [2.45, 2.75) is 26.6 Å². The maximum absolute atomic E-state index is 9.71. The summed E-state index contributed by atoms with van der Waals surface area (Å²) in [6, 6.07) is 19.8. The first kappa shape index (κ1) is 18.4. The van der Waals surface area contributed by atoms with Gasteiger partial charge in [0.15, 0.2) is 0 Å². The third-order valence-corrected chi connectivity index (χ3v) is 4.86. The van der Waals surface area contributed by atoms with Gasteiger partial charge < -0.3 is 19.3 Å². The van der Waals surface area contributed by atoms with E-state index in [0.717, 1.165) is 45.9 Å². The summed E-state index contributed by atoms with van der Waals surface area (Å²) in [5.41, 5.74) is 5.22. The van der Waals surface area contributed by atoms with E-state index in [0.29, 0.717) is 19.0 Å². The van der Waals surface area contributed by atoms with Crippen LogP contribution in [0.5, 0.6) is 17.2 Å². The number of aromatic hydroxyl groups is 1. The van der Waals surface area contributed by atoms with E-state index in [1.54, 1.807) is 6.07 Å². The topological polar surface area (TPSA) is 51.2 Å². The van der Waals surface area contributed by atoms with Crippen LogP contribution in [-0.2, 0) is 11.3 Å². The normalized spacial score (nSPS) is 15.3. The summed E-state index contributed by atoms with van der Waals surface area (Å²) in [4.78, 5) is 0. The van der Waals surface area contributed by atoms with E-state index in [-0.39, 0.29) is 6.10 Å². The zero-order valence-corrected chi connectivity index (χ0v) is 16.1. The average Bonchev–Trinajstić information content (AvgIpc) is 3.53. The molecule has 4 rings (SSSR count). The van der Waals surface area contributed by atoms with Gasteiger partial charge in [0, 0.05) is 0 Å². The maximum Gasteiger partial charge on any atom is 0.122 e. The molecule has 0 radical (unpaired) electrons. The van der Waals surface area contributed by atoms with Gasteiger partial charge in [0.05, 0.1) is 6.61 Å². The van der Waals surface area contributed by atoms with Crippen LogP contribution in [0.4, 0.5) is 0 Å². The monoisotopic (exact) mass is 376 g/mol. The standard InChI is InChI=1S/C24H24O4/c1-16-11-19(5-9-23(16)25)20-6-10-24(17(2)12-20)28-13-18-3-7-21(8-4-18)26-14-22-15-27-22/h3-12,22,25H,13-15H2,1-2H3. The highest BCUT2D eigenvalue weighted by Gasteiger charge is 2.22. The van der Waals surface area contributed by atoms with Crippen molar-refractivity contribution >= 4 is 0 Å². The minimum absolute atomic E-state index is 0.263.